The van der Waals surface area contributed by atoms with Crippen LogP contribution in [0.4, 0.5) is 13.2 Å². The van der Waals surface area contributed by atoms with Crippen LogP contribution in [0, 0.1) is 0 Å². The highest BCUT2D eigenvalue weighted by Gasteiger charge is 2.30. The van der Waals surface area contributed by atoms with Crippen LogP contribution in [0.1, 0.15) is 16.2 Å². The number of amides is 1. The third kappa shape index (κ3) is 3.57. The number of hydrogen-bond donors (Lipinski definition) is 2. The molecule has 0 aliphatic rings. The second-order valence-electron chi connectivity index (χ2n) is 4.05. The monoisotopic (exact) mass is 300 g/mol. The molecular weight excluding hydrogens is 289 g/mol. The minimum absolute atomic E-state index is 0.0981. The van der Waals surface area contributed by atoms with Gasteiger partial charge in [-0.3, -0.25) is 4.79 Å². The van der Waals surface area contributed by atoms with Gasteiger partial charge in [0.2, 0.25) is 5.82 Å². The van der Waals surface area contributed by atoms with Gasteiger partial charge in [0, 0.05) is 18.7 Å². The van der Waals surface area contributed by atoms with Gasteiger partial charge in [-0.1, -0.05) is 17.3 Å². The van der Waals surface area contributed by atoms with Crippen molar-refractivity contribution in [1.82, 2.24) is 15.5 Å². The van der Waals surface area contributed by atoms with E-state index in [1.165, 1.54) is 12.1 Å². The summed E-state index contributed by atoms with van der Waals surface area (Å²) in [7, 11) is 0. The number of rotatable bonds is 4. The van der Waals surface area contributed by atoms with E-state index in [1.54, 1.807) is 0 Å². The van der Waals surface area contributed by atoms with E-state index in [1.807, 2.05) is 0 Å². The van der Waals surface area contributed by atoms with E-state index in [0.29, 0.717) is 0 Å². The number of hydrogen-bond acceptors (Lipinski definition) is 5. The Kier molecular flexibility index (Phi) is 4.22. The van der Waals surface area contributed by atoms with Gasteiger partial charge in [-0.2, -0.15) is 18.2 Å². The first kappa shape index (κ1) is 15.0. The molecule has 3 N–H and O–H groups in total. The summed E-state index contributed by atoms with van der Waals surface area (Å²) in [5.41, 5.74) is 4.49. The average Bonchev–Trinajstić information content (AvgIpc) is 2.94. The molecule has 1 aromatic carbocycles. The van der Waals surface area contributed by atoms with Gasteiger partial charge in [-0.05, 0) is 12.1 Å². The van der Waals surface area contributed by atoms with Gasteiger partial charge in [0.15, 0.2) is 0 Å². The molecule has 112 valence electrons. The van der Waals surface area contributed by atoms with E-state index in [2.05, 4.69) is 15.5 Å². The first-order valence-corrected chi connectivity index (χ1v) is 5.91. The predicted octanol–water partition coefficient (Wildman–Crippen LogP) is 1.44. The van der Waals surface area contributed by atoms with E-state index in [-0.39, 0.29) is 30.4 Å². The van der Waals surface area contributed by atoms with E-state index >= 15 is 0 Å². The van der Waals surface area contributed by atoms with Crippen LogP contribution in [0.3, 0.4) is 0 Å². The van der Waals surface area contributed by atoms with Crippen molar-refractivity contribution in [2.75, 3.05) is 13.1 Å². The number of halogens is 3. The zero-order valence-corrected chi connectivity index (χ0v) is 10.6. The zero-order valence-electron chi connectivity index (χ0n) is 10.6. The Bertz CT molecular complexity index is 639. The molecule has 0 saturated heterocycles. The first-order valence-electron chi connectivity index (χ1n) is 5.91. The van der Waals surface area contributed by atoms with Crippen LogP contribution in [0.25, 0.3) is 11.4 Å². The number of alkyl halides is 3. The van der Waals surface area contributed by atoms with E-state index in [0.717, 1.165) is 12.1 Å². The summed E-state index contributed by atoms with van der Waals surface area (Å²) < 4.78 is 42.6. The number of aromatic nitrogens is 2. The predicted molar refractivity (Wildman–Crippen MR) is 66.1 cm³/mol. The Labute approximate surface area is 117 Å². The lowest BCUT2D eigenvalue weighted by Gasteiger charge is -2.06. The normalized spacial score (nSPS) is 11.4. The Morgan fingerprint density at radius 1 is 1.38 bits per heavy atom. The first-order chi connectivity index (χ1) is 9.91. The molecule has 9 heteroatoms. The number of nitrogens with two attached hydrogens (primary N) is 1. The second kappa shape index (κ2) is 5.92. The fourth-order valence-electron chi connectivity index (χ4n) is 1.53. The largest absolute Gasteiger partial charge is 0.416 e. The number of nitrogens with zero attached hydrogens (tertiary/aromatic N) is 2. The number of carbonyl (C=O) groups excluding carboxylic acids is 1. The van der Waals surface area contributed by atoms with E-state index in [4.69, 9.17) is 10.3 Å². The molecule has 0 aliphatic heterocycles. The number of nitrogens with one attached hydrogen (secondary N) is 1. The standard InChI is InChI=1S/C12H11F3N4O2/c13-12(14,15)8-3-1-2-7(6-8)9-18-11(21-19-9)10(20)17-5-4-16/h1-3,6H,4-5,16H2,(H,17,20). The summed E-state index contributed by atoms with van der Waals surface area (Å²) in [4.78, 5) is 15.3. The van der Waals surface area contributed by atoms with Gasteiger partial charge in [0.1, 0.15) is 0 Å². The van der Waals surface area contributed by atoms with Crippen LogP contribution in [-0.4, -0.2) is 29.1 Å². The minimum Gasteiger partial charge on any atom is -0.347 e. The number of carbonyl (C=O) groups is 1. The van der Waals surface area contributed by atoms with Crippen LogP contribution in [0.2, 0.25) is 0 Å². The highest BCUT2D eigenvalue weighted by Crippen LogP contribution is 2.31. The molecule has 0 bridgehead atoms. The van der Waals surface area contributed by atoms with Gasteiger partial charge in [0.25, 0.3) is 0 Å². The molecule has 6 nitrogen and oxygen atoms in total. The molecule has 0 unspecified atom stereocenters. The molecule has 0 saturated carbocycles. The SMILES string of the molecule is NCCNC(=O)c1nc(-c2cccc(C(F)(F)F)c2)no1. The van der Waals surface area contributed by atoms with Crippen molar-refractivity contribution in [3.8, 4) is 11.4 Å². The van der Waals surface area contributed by atoms with Gasteiger partial charge in [-0.15, -0.1) is 0 Å². The molecule has 0 aliphatic carbocycles. The molecule has 1 heterocycles. The summed E-state index contributed by atoms with van der Waals surface area (Å²) in [5, 5.41) is 5.90. The van der Waals surface area contributed by atoms with Gasteiger partial charge in [-0.25, -0.2) is 0 Å². The fourth-order valence-corrected chi connectivity index (χ4v) is 1.53. The summed E-state index contributed by atoms with van der Waals surface area (Å²) >= 11 is 0. The highest BCUT2D eigenvalue weighted by molar-refractivity contribution is 5.89. The van der Waals surface area contributed by atoms with E-state index in [9.17, 15) is 18.0 Å². The molecule has 1 amide bonds. The van der Waals surface area contributed by atoms with Crippen LogP contribution in [0.15, 0.2) is 28.8 Å². The Morgan fingerprint density at radius 3 is 2.81 bits per heavy atom. The summed E-state index contributed by atoms with van der Waals surface area (Å²) in [6.07, 6.45) is -4.47. The molecule has 2 aromatic rings. The smallest absolute Gasteiger partial charge is 0.347 e. The van der Waals surface area contributed by atoms with Crippen molar-refractivity contribution in [2.45, 2.75) is 6.18 Å². The van der Waals surface area contributed by atoms with Crippen LogP contribution < -0.4 is 11.1 Å². The Hall–Kier alpha value is -2.42. The van der Waals surface area contributed by atoms with E-state index < -0.39 is 17.6 Å². The van der Waals surface area contributed by atoms with Gasteiger partial charge in [0.05, 0.1) is 5.56 Å². The van der Waals surface area contributed by atoms with Crippen molar-refractivity contribution in [2.24, 2.45) is 5.73 Å². The minimum atomic E-state index is -4.47. The molecule has 0 atom stereocenters. The fraction of sp³-hybridized carbons (Fsp3) is 0.250. The van der Waals surface area contributed by atoms with Crippen molar-refractivity contribution >= 4 is 5.91 Å². The molecule has 2 rings (SSSR count). The number of benzene rings is 1. The van der Waals surface area contributed by atoms with Crippen molar-refractivity contribution in [3.05, 3.63) is 35.7 Å². The van der Waals surface area contributed by atoms with Crippen molar-refractivity contribution < 1.29 is 22.5 Å². The summed E-state index contributed by atoms with van der Waals surface area (Å²) in [6.45, 7) is 0.459. The maximum Gasteiger partial charge on any atom is 0.416 e. The maximum absolute atomic E-state index is 12.6. The van der Waals surface area contributed by atoms with Crippen LogP contribution in [0.5, 0.6) is 0 Å². The van der Waals surface area contributed by atoms with Crippen molar-refractivity contribution in [3.63, 3.8) is 0 Å². The lowest BCUT2D eigenvalue weighted by molar-refractivity contribution is -0.137. The quantitative estimate of drug-likeness (QED) is 0.891. The molecule has 0 spiro atoms. The lowest BCUT2D eigenvalue weighted by atomic mass is 10.1. The third-order valence-corrected chi connectivity index (χ3v) is 2.50. The zero-order chi connectivity index (χ0) is 15.5. The molecule has 0 radical (unpaired) electrons. The van der Waals surface area contributed by atoms with Crippen molar-refractivity contribution in [1.29, 1.82) is 0 Å². The summed E-state index contributed by atoms with van der Waals surface area (Å²) in [6, 6.07) is 4.43. The van der Waals surface area contributed by atoms with Gasteiger partial charge >= 0.3 is 18.0 Å². The topological polar surface area (TPSA) is 94.0 Å². The second-order valence-corrected chi connectivity index (χ2v) is 4.05. The Balaban J connectivity index is 2.24. The average molecular weight is 300 g/mol. The lowest BCUT2D eigenvalue weighted by Crippen LogP contribution is -2.29. The van der Waals surface area contributed by atoms with Crippen LogP contribution >= 0.6 is 0 Å². The third-order valence-electron chi connectivity index (χ3n) is 2.50. The highest BCUT2D eigenvalue weighted by atomic mass is 19.4. The molecule has 21 heavy (non-hydrogen) atoms. The molecular formula is C12H11F3N4O2. The summed E-state index contributed by atoms with van der Waals surface area (Å²) in [5.74, 6) is -1.07. The maximum atomic E-state index is 12.6. The molecule has 1 aromatic heterocycles. The molecule has 0 fully saturated rings. The Morgan fingerprint density at radius 2 is 2.14 bits per heavy atom. The van der Waals surface area contributed by atoms with Crippen LogP contribution in [-0.2, 0) is 6.18 Å². The van der Waals surface area contributed by atoms with Gasteiger partial charge < -0.3 is 15.6 Å².